The highest BCUT2D eigenvalue weighted by Crippen LogP contribution is 2.30. The third-order valence-electron chi connectivity index (χ3n) is 3.69. The number of H-pyrrole nitrogens is 1. The van der Waals surface area contributed by atoms with E-state index in [4.69, 9.17) is 5.73 Å². The second-order valence-corrected chi connectivity index (χ2v) is 5.41. The van der Waals surface area contributed by atoms with Gasteiger partial charge in [0.25, 0.3) is 5.91 Å². The lowest BCUT2D eigenvalue weighted by Gasteiger charge is -2.22. The number of hydrogen-bond acceptors (Lipinski definition) is 3. The van der Waals surface area contributed by atoms with Gasteiger partial charge in [0.1, 0.15) is 5.82 Å². The third kappa shape index (κ3) is 2.74. The molecular weight excluding hydrogens is 271 g/mol. The maximum atomic E-state index is 13.3. The summed E-state index contributed by atoms with van der Waals surface area (Å²) in [5.41, 5.74) is 7.95. The van der Waals surface area contributed by atoms with Gasteiger partial charge in [-0.25, -0.2) is 4.39 Å². The summed E-state index contributed by atoms with van der Waals surface area (Å²) in [5, 5.41) is 6.71. The summed E-state index contributed by atoms with van der Waals surface area (Å²) >= 11 is 0. The Bertz CT molecular complexity index is 678. The molecule has 1 aliphatic rings. The molecule has 21 heavy (non-hydrogen) atoms. The van der Waals surface area contributed by atoms with Crippen LogP contribution in [0.15, 0.2) is 24.3 Å². The summed E-state index contributed by atoms with van der Waals surface area (Å²) in [5.74, 6) is -0.505. The first kappa shape index (κ1) is 13.6. The van der Waals surface area contributed by atoms with Gasteiger partial charge in [-0.15, -0.1) is 0 Å². The van der Waals surface area contributed by atoms with Gasteiger partial charge in [0, 0.05) is 12.6 Å². The Kier molecular flexibility index (Phi) is 3.37. The molecule has 1 aliphatic carbocycles. The first-order valence-electron chi connectivity index (χ1n) is 6.92. The first-order valence-corrected chi connectivity index (χ1v) is 6.92. The zero-order chi connectivity index (χ0) is 15.0. The van der Waals surface area contributed by atoms with Crippen molar-refractivity contribution in [2.45, 2.75) is 32.4 Å². The van der Waals surface area contributed by atoms with E-state index < -0.39 is 0 Å². The molecule has 0 aliphatic heterocycles. The number of nitrogens with zero attached hydrogens (tertiary/aromatic N) is 2. The highest BCUT2D eigenvalue weighted by atomic mass is 19.1. The van der Waals surface area contributed by atoms with Crippen molar-refractivity contribution in [2.75, 3.05) is 5.73 Å². The van der Waals surface area contributed by atoms with Gasteiger partial charge in [0.05, 0.1) is 11.4 Å². The molecule has 2 aromatic rings. The number of aryl methyl sites for hydroxylation is 1. The summed E-state index contributed by atoms with van der Waals surface area (Å²) in [6.45, 7) is 2.14. The standard InChI is InChI=1S/C15H17FN4O/c1-9-13(17)14(19-18-9)15(21)20(12-5-6-12)8-10-3-2-4-11(16)7-10/h2-4,7,12H,5-6,8,17H2,1H3,(H,18,19). The molecule has 1 aromatic heterocycles. The van der Waals surface area contributed by atoms with Crippen molar-refractivity contribution >= 4 is 11.6 Å². The molecule has 110 valence electrons. The van der Waals surface area contributed by atoms with Crippen LogP contribution in [0, 0.1) is 12.7 Å². The topological polar surface area (TPSA) is 75.0 Å². The minimum Gasteiger partial charge on any atom is -0.395 e. The number of nitrogen functional groups attached to an aromatic ring is 1. The Morgan fingerprint density at radius 1 is 1.52 bits per heavy atom. The Morgan fingerprint density at radius 3 is 2.86 bits per heavy atom. The molecule has 0 bridgehead atoms. The zero-order valence-electron chi connectivity index (χ0n) is 11.8. The number of halogens is 1. The molecule has 5 nitrogen and oxygen atoms in total. The molecule has 1 aromatic carbocycles. The molecule has 3 N–H and O–H groups in total. The monoisotopic (exact) mass is 288 g/mol. The highest BCUT2D eigenvalue weighted by molar-refractivity contribution is 5.97. The SMILES string of the molecule is Cc1[nH]nc(C(=O)N(Cc2cccc(F)c2)C2CC2)c1N. The number of aromatic amines is 1. The van der Waals surface area contributed by atoms with Crippen LogP contribution in [0.3, 0.4) is 0 Å². The number of nitrogens with one attached hydrogen (secondary N) is 1. The van der Waals surface area contributed by atoms with Gasteiger partial charge in [-0.05, 0) is 37.5 Å². The van der Waals surface area contributed by atoms with Crippen LogP contribution in [0.2, 0.25) is 0 Å². The van der Waals surface area contributed by atoms with Gasteiger partial charge in [0.2, 0.25) is 0 Å². The summed E-state index contributed by atoms with van der Waals surface area (Å²) in [6, 6.07) is 6.49. The second-order valence-electron chi connectivity index (χ2n) is 5.41. The summed E-state index contributed by atoms with van der Waals surface area (Å²) in [7, 11) is 0. The van der Waals surface area contributed by atoms with E-state index in [2.05, 4.69) is 10.2 Å². The van der Waals surface area contributed by atoms with E-state index in [0.717, 1.165) is 18.4 Å². The molecule has 0 saturated heterocycles. The van der Waals surface area contributed by atoms with Gasteiger partial charge in [-0.2, -0.15) is 5.10 Å². The predicted molar refractivity (Wildman–Crippen MR) is 77.0 cm³/mol. The van der Waals surface area contributed by atoms with E-state index in [-0.39, 0.29) is 23.5 Å². The lowest BCUT2D eigenvalue weighted by atomic mass is 10.2. The Hall–Kier alpha value is -2.37. The number of carbonyl (C=O) groups is 1. The van der Waals surface area contributed by atoms with Crippen molar-refractivity contribution < 1.29 is 9.18 Å². The van der Waals surface area contributed by atoms with E-state index >= 15 is 0 Å². The number of rotatable bonds is 4. The quantitative estimate of drug-likeness (QED) is 0.906. The van der Waals surface area contributed by atoms with Crippen LogP contribution in [-0.2, 0) is 6.54 Å². The lowest BCUT2D eigenvalue weighted by molar-refractivity contribution is 0.0724. The van der Waals surface area contributed by atoms with Gasteiger partial charge in [0.15, 0.2) is 5.69 Å². The molecule has 1 saturated carbocycles. The van der Waals surface area contributed by atoms with Crippen molar-refractivity contribution in [2.24, 2.45) is 0 Å². The summed E-state index contributed by atoms with van der Waals surface area (Å²) in [6.07, 6.45) is 1.93. The van der Waals surface area contributed by atoms with Crippen LogP contribution in [-0.4, -0.2) is 27.0 Å². The second kappa shape index (κ2) is 5.20. The summed E-state index contributed by atoms with van der Waals surface area (Å²) < 4.78 is 13.3. The van der Waals surface area contributed by atoms with Crippen LogP contribution in [0.4, 0.5) is 10.1 Å². The molecular formula is C15H17FN4O. The minimum absolute atomic E-state index is 0.192. The summed E-state index contributed by atoms with van der Waals surface area (Å²) in [4.78, 5) is 14.3. The van der Waals surface area contributed by atoms with Gasteiger partial charge >= 0.3 is 0 Å². The van der Waals surface area contributed by atoms with Crippen molar-refractivity contribution in [1.29, 1.82) is 0 Å². The molecule has 0 spiro atoms. The highest BCUT2D eigenvalue weighted by Gasteiger charge is 2.35. The van der Waals surface area contributed by atoms with Crippen LogP contribution in [0.1, 0.15) is 34.6 Å². The van der Waals surface area contributed by atoms with E-state index in [9.17, 15) is 9.18 Å². The normalized spacial score (nSPS) is 14.2. The van der Waals surface area contributed by atoms with Crippen LogP contribution in [0.5, 0.6) is 0 Å². The number of anilines is 1. The van der Waals surface area contributed by atoms with Crippen LogP contribution < -0.4 is 5.73 Å². The van der Waals surface area contributed by atoms with E-state index in [1.807, 2.05) is 6.07 Å². The number of aromatic nitrogens is 2. The van der Waals surface area contributed by atoms with Crippen molar-refractivity contribution in [3.8, 4) is 0 Å². The van der Waals surface area contributed by atoms with Crippen molar-refractivity contribution in [1.82, 2.24) is 15.1 Å². The van der Waals surface area contributed by atoms with Gasteiger partial charge in [-0.1, -0.05) is 12.1 Å². The molecule has 1 heterocycles. The van der Waals surface area contributed by atoms with Crippen molar-refractivity contribution in [3.05, 3.63) is 47.0 Å². The Labute approximate surface area is 121 Å². The van der Waals surface area contributed by atoms with Gasteiger partial charge < -0.3 is 10.6 Å². The molecule has 1 amide bonds. The lowest BCUT2D eigenvalue weighted by Crippen LogP contribution is -2.33. The maximum absolute atomic E-state index is 13.3. The van der Waals surface area contributed by atoms with Crippen molar-refractivity contribution in [3.63, 3.8) is 0 Å². The van der Waals surface area contributed by atoms with Crippen LogP contribution >= 0.6 is 0 Å². The number of benzene rings is 1. The zero-order valence-corrected chi connectivity index (χ0v) is 11.8. The Morgan fingerprint density at radius 2 is 2.29 bits per heavy atom. The predicted octanol–water partition coefficient (Wildman–Crippen LogP) is 2.24. The largest absolute Gasteiger partial charge is 0.395 e. The number of hydrogen-bond donors (Lipinski definition) is 2. The molecule has 3 rings (SSSR count). The fourth-order valence-electron chi connectivity index (χ4n) is 2.32. The number of carbonyl (C=O) groups excluding carboxylic acids is 1. The molecule has 0 radical (unpaired) electrons. The fraction of sp³-hybridized carbons (Fsp3) is 0.333. The van der Waals surface area contributed by atoms with E-state index in [1.165, 1.54) is 12.1 Å². The molecule has 1 fully saturated rings. The average Bonchev–Trinajstić information content (AvgIpc) is 3.23. The fourth-order valence-corrected chi connectivity index (χ4v) is 2.32. The number of amides is 1. The minimum atomic E-state index is -0.300. The van der Waals surface area contributed by atoms with E-state index in [0.29, 0.717) is 17.9 Å². The third-order valence-corrected chi connectivity index (χ3v) is 3.69. The molecule has 0 unspecified atom stereocenters. The number of nitrogens with two attached hydrogens (primary N) is 1. The maximum Gasteiger partial charge on any atom is 0.277 e. The molecule has 6 heteroatoms. The molecule has 0 atom stereocenters. The first-order chi connectivity index (χ1) is 10.1. The average molecular weight is 288 g/mol. The Balaban J connectivity index is 1.85. The van der Waals surface area contributed by atoms with Gasteiger partial charge in [-0.3, -0.25) is 9.89 Å². The van der Waals surface area contributed by atoms with E-state index in [1.54, 1.807) is 17.9 Å². The van der Waals surface area contributed by atoms with Crippen LogP contribution in [0.25, 0.3) is 0 Å². The smallest absolute Gasteiger partial charge is 0.277 e.